The minimum atomic E-state index is -0.250. The van der Waals surface area contributed by atoms with Crippen LogP contribution in [0.4, 0.5) is 10.5 Å². The third-order valence-electron chi connectivity index (χ3n) is 3.39. The topological polar surface area (TPSA) is 53.6 Å². The third-order valence-corrected chi connectivity index (χ3v) is 3.39. The highest BCUT2D eigenvalue weighted by Crippen LogP contribution is 2.15. The van der Waals surface area contributed by atoms with Crippen molar-refractivity contribution < 1.29 is 9.53 Å². The average molecular weight is 301 g/mol. The van der Waals surface area contributed by atoms with Crippen LogP contribution in [0.1, 0.15) is 19.8 Å². The van der Waals surface area contributed by atoms with E-state index in [0.717, 1.165) is 31.1 Å². The Kier molecular flexibility index (Phi) is 6.59. The minimum Gasteiger partial charge on any atom is -0.494 e. The number of hydrogen-bond donors (Lipinski definition) is 2. The summed E-state index contributed by atoms with van der Waals surface area (Å²) in [4.78, 5) is 14.0. The molecule has 1 heterocycles. The molecule has 0 aromatic heterocycles. The van der Waals surface area contributed by atoms with E-state index in [0.29, 0.717) is 13.2 Å². The van der Waals surface area contributed by atoms with Gasteiger partial charge in [0.15, 0.2) is 0 Å². The summed E-state index contributed by atoms with van der Waals surface area (Å²) in [5.41, 5.74) is 0.728. The predicted octanol–water partition coefficient (Wildman–Crippen LogP) is 2.31. The maximum atomic E-state index is 11.7. The molecule has 5 nitrogen and oxygen atoms in total. The van der Waals surface area contributed by atoms with Crippen LogP contribution in [0.5, 0.6) is 5.75 Å². The van der Waals surface area contributed by atoms with Crippen molar-refractivity contribution in [2.45, 2.75) is 19.8 Å². The largest absolute Gasteiger partial charge is 0.494 e. The van der Waals surface area contributed by atoms with Gasteiger partial charge >= 0.3 is 6.03 Å². The minimum absolute atomic E-state index is 0.250. The fraction of sp³-hybridized carbons (Fsp3) is 0.471. The van der Waals surface area contributed by atoms with Crippen LogP contribution in [0, 0.1) is 11.8 Å². The summed E-state index contributed by atoms with van der Waals surface area (Å²) in [5.74, 6) is 6.85. The molecule has 1 aromatic carbocycles. The zero-order valence-electron chi connectivity index (χ0n) is 13.0. The summed E-state index contributed by atoms with van der Waals surface area (Å²) in [6.45, 7) is 5.99. The third kappa shape index (κ3) is 5.66. The monoisotopic (exact) mass is 301 g/mol. The van der Waals surface area contributed by atoms with E-state index in [1.807, 2.05) is 31.2 Å². The quantitative estimate of drug-likeness (QED) is 0.821. The Labute approximate surface area is 132 Å². The van der Waals surface area contributed by atoms with E-state index < -0.39 is 0 Å². The Morgan fingerprint density at radius 2 is 1.95 bits per heavy atom. The molecule has 1 fully saturated rings. The Bertz CT molecular complexity index is 525. The lowest BCUT2D eigenvalue weighted by molar-refractivity contribution is 0.253. The van der Waals surface area contributed by atoms with Crippen LogP contribution in [0.2, 0.25) is 0 Å². The Morgan fingerprint density at radius 1 is 1.23 bits per heavy atom. The van der Waals surface area contributed by atoms with E-state index in [1.54, 1.807) is 0 Å². The summed E-state index contributed by atoms with van der Waals surface area (Å²) < 4.78 is 5.35. The average Bonchev–Trinajstić information content (AvgIpc) is 3.02. The number of anilines is 1. The lowest BCUT2D eigenvalue weighted by Gasteiger charge is -2.08. The molecule has 5 heteroatoms. The molecule has 118 valence electrons. The molecule has 2 rings (SSSR count). The van der Waals surface area contributed by atoms with Gasteiger partial charge in [0.1, 0.15) is 5.75 Å². The van der Waals surface area contributed by atoms with Gasteiger partial charge in [-0.05, 0) is 57.1 Å². The van der Waals surface area contributed by atoms with Crippen molar-refractivity contribution in [2.75, 3.05) is 38.1 Å². The second-order valence-corrected chi connectivity index (χ2v) is 5.10. The number of carbonyl (C=O) groups excluding carboxylic acids is 1. The summed E-state index contributed by atoms with van der Waals surface area (Å²) in [6.07, 6.45) is 2.54. The summed E-state index contributed by atoms with van der Waals surface area (Å²) in [6, 6.07) is 7.02. The number of rotatable bonds is 5. The van der Waals surface area contributed by atoms with Crippen LogP contribution in [0.25, 0.3) is 0 Å². The van der Waals surface area contributed by atoms with E-state index in [1.165, 1.54) is 12.8 Å². The number of amides is 2. The second-order valence-electron chi connectivity index (χ2n) is 5.10. The van der Waals surface area contributed by atoms with Crippen LogP contribution in [0.15, 0.2) is 24.3 Å². The van der Waals surface area contributed by atoms with Crippen molar-refractivity contribution in [3.05, 3.63) is 24.3 Å². The van der Waals surface area contributed by atoms with Crippen LogP contribution < -0.4 is 15.4 Å². The normalized spacial score (nSPS) is 14.0. The van der Waals surface area contributed by atoms with Gasteiger partial charge in [-0.3, -0.25) is 4.90 Å². The fourth-order valence-corrected chi connectivity index (χ4v) is 2.27. The predicted molar refractivity (Wildman–Crippen MR) is 88.1 cm³/mol. The van der Waals surface area contributed by atoms with Gasteiger partial charge in [-0.1, -0.05) is 11.8 Å². The molecule has 0 atom stereocenters. The van der Waals surface area contributed by atoms with Crippen molar-refractivity contribution >= 4 is 11.7 Å². The van der Waals surface area contributed by atoms with Gasteiger partial charge in [-0.2, -0.15) is 0 Å². The van der Waals surface area contributed by atoms with Gasteiger partial charge in [-0.25, -0.2) is 4.79 Å². The van der Waals surface area contributed by atoms with Gasteiger partial charge < -0.3 is 15.4 Å². The SMILES string of the molecule is CCOc1ccc(NC(=O)NCC#CCN2CCCC2)cc1. The van der Waals surface area contributed by atoms with Gasteiger partial charge in [-0.15, -0.1) is 0 Å². The number of carbonyl (C=O) groups is 1. The van der Waals surface area contributed by atoms with E-state index in [-0.39, 0.29) is 6.03 Å². The molecule has 0 radical (unpaired) electrons. The molecule has 0 spiro atoms. The van der Waals surface area contributed by atoms with Crippen molar-refractivity contribution in [1.29, 1.82) is 0 Å². The molecule has 0 unspecified atom stereocenters. The van der Waals surface area contributed by atoms with Crippen LogP contribution in [-0.2, 0) is 0 Å². The van der Waals surface area contributed by atoms with Gasteiger partial charge in [0.25, 0.3) is 0 Å². The Morgan fingerprint density at radius 3 is 2.64 bits per heavy atom. The maximum absolute atomic E-state index is 11.7. The molecule has 2 N–H and O–H groups in total. The van der Waals surface area contributed by atoms with Crippen LogP contribution >= 0.6 is 0 Å². The molecular formula is C17H23N3O2. The number of likely N-dealkylation sites (tertiary alicyclic amines) is 1. The lowest BCUT2D eigenvalue weighted by Crippen LogP contribution is -2.29. The van der Waals surface area contributed by atoms with Crippen molar-refractivity contribution in [3.63, 3.8) is 0 Å². The molecule has 22 heavy (non-hydrogen) atoms. The standard InChI is InChI=1S/C17H23N3O2/c1-2-22-16-9-7-15(8-10-16)19-17(21)18-11-3-4-12-20-13-5-6-14-20/h7-10H,2,5-6,11-14H2,1H3,(H2,18,19,21). The van der Waals surface area contributed by atoms with Gasteiger partial charge in [0, 0.05) is 5.69 Å². The maximum Gasteiger partial charge on any atom is 0.319 e. The zero-order chi connectivity index (χ0) is 15.6. The Hall–Kier alpha value is -2.19. The summed E-state index contributed by atoms with van der Waals surface area (Å²) in [5, 5.41) is 5.48. The molecular weight excluding hydrogens is 278 g/mol. The van der Waals surface area contributed by atoms with Crippen LogP contribution in [0.3, 0.4) is 0 Å². The number of nitrogens with one attached hydrogen (secondary N) is 2. The fourth-order valence-electron chi connectivity index (χ4n) is 2.27. The number of hydrogen-bond acceptors (Lipinski definition) is 3. The van der Waals surface area contributed by atoms with E-state index in [4.69, 9.17) is 4.74 Å². The first-order valence-electron chi connectivity index (χ1n) is 7.73. The molecule has 0 aliphatic carbocycles. The van der Waals surface area contributed by atoms with Crippen molar-refractivity contribution in [1.82, 2.24) is 10.2 Å². The smallest absolute Gasteiger partial charge is 0.319 e. The number of nitrogens with zero attached hydrogens (tertiary/aromatic N) is 1. The molecule has 1 saturated heterocycles. The highest BCUT2D eigenvalue weighted by Gasteiger charge is 2.08. The highest BCUT2D eigenvalue weighted by atomic mass is 16.5. The summed E-state index contributed by atoms with van der Waals surface area (Å²) in [7, 11) is 0. The first kappa shape index (κ1) is 16.2. The molecule has 1 aliphatic rings. The first-order valence-corrected chi connectivity index (χ1v) is 7.73. The molecule has 1 aliphatic heterocycles. The van der Waals surface area contributed by atoms with E-state index in [9.17, 15) is 4.79 Å². The highest BCUT2D eigenvalue weighted by molar-refractivity contribution is 5.89. The van der Waals surface area contributed by atoms with Crippen molar-refractivity contribution in [3.8, 4) is 17.6 Å². The Balaban J connectivity index is 1.65. The van der Waals surface area contributed by atoms with Crippen molar-refractivity contribution in [2.24, 2.45) is 0 Å². The molecule has 0 bridgehead atoms. The number of ether oxygens (including phenoxy) is 1. The number of benzene rings is 1. The lowest BCUT2D eigenvalue weighted by atomic mass is 10.3. The van der Waals surface area contributed by atoms with Gasteiger partial charge in [0.05, 0.1) is 19.7 Å². The molecule has 0 saturated carbocycles. The van der Waals surface area contributed by atoms with Crippen LogP contribution in [-0.4, -0.2) is 43.7 Å². The van der Waals surface area contributed by atoms with E-state index in [2.05, 4.69) is 27.4 Å². The van der Waals surface area contributed by atoms with E-state index >= 15 is 0 Å². The zero-order valence-corrected chi connectivity index (χ0v) is 13.0. The second kappa shape index (κ2) is 8.96. The van der Waals surface area contributed by atoms with Gasteiger partial charge in [0.2, 0.25) is 0 Å². The first-order chi connectivity index (χ1) is 10.8. The summed E-state index contributed by atoms with van der Waals surface area (Å²) >= 11 is 0. The molecule has 2 amide bonds. The number of urea groups is 1. The molecule has 1 aromatic rings.